The quantitative estimate of drug-likeness (QED) is 0.897. The zero-order chi connectivity index (χ0) is 12.5. The molecule has 18 heavy (non-hydrogen) atoms. The highest BCUT2D eigenvalue weighted by Gasteiger charge is 2.23. The minimum absolute atomic E-state index is 0.161. The van der Waals surface area contributed by atoms with Crippen LogP contribution >= 0.6 is 0 Å². The van der Waals surface area contributed by atoms with E-state index in [0.717, 1.165) is 35.5 Å². The molecule has 1 aliphatic carbocycles. The van der Waals surface area contributed by atoms with E-state index in [0.29, 0.717) is 6.10 Å². The van der Waals surface area contributed by atoms with Crippen molar-refractivity contribution in [1.82, 2.24) is 0 Å². The van der Waals surface area contributed by atoms with Crippen LogP contribution in [0.5, 0.6) is 5.75 Å². The van der Waals surface area contributed by atoms with Gasteiger partial charge >= 0.3 is 0 Å². The molecule has 1 aliphatic rings. The second-order valence-electron chi connectivity index (χ2n) is 4.80. The van der Waals surface area contributed by atoms with E-state index >= 15 is 0 Å². The van der Waals surface area contributed by atoms with Gasteiger partial charge in [0.15, 0.2) is 0 Å². The van der Waals surface area contributed by atoms with Crippen molar-refractivity contribution < 1.29 is 9.15 Å². The molecule has 0 bridgehead atoms. The first-order valence-corrected chi connectivity index (χ1v) is 6.30. The summed E-state index contributed by atoms with van der Waals surface area (Å²) in [5, 5.41) is 0. The number of aryl methyl sites for hydroxylation is 1. The standard InChI is InChI=1S/C15H17NO2/c1-10-14(7-8-17-10)15(16)11-3-2-4-13(9-11)18-12-5-6-12/h2-4,7-9,12,15H,5-6,16H2,1H3. The first-order chi connectivity index (χ1) is 8.74. The van der Waals surface area contributed by atoms with E-state index in [-0.39, 0.29) is 6.04 Å². The van der Waals surface area contributed by atoms with E-state index < -0.39 is 0 Å². The smallest absolute Gasteiger partial charge is 0.120 e. The third-order valence-electron chi connectivity index (χ3n) is 3.28. The minimum Gasteiger partial charge on any atom is -0.490 e. The number of nitrogens with two attached hydrogens (primary N) is 1. The van der Waals surface area contributed by atoms with Crippen molar-refractivity contribution in [3.05, 3.63) is 53.5 Å². The van der Waals surface area contributed by atoms with Crippen LogP contribution < -0.4 is 10.5 Å². The number of hydrogen-bond donors (Lipinski definition) is 1. The monoisotopic (exact) mass is 243 g/mol. The molecule has 1 saturated carbocycles. The van der Waals surface area contributed by atoms with Gasteiger partial charge in [0, 0.05) is 5.56 Å². The van der Waals surface area contributed by atoms with Crippen LogP contribution in [0.1, 0.15) is 35.8 Å². The summed E-state index contributed by atoms with van der Waals surface area (Å²) in [7, 11) is 0. The summed E-state index contributed by atoms with van der Waals surface area (Å²) in [6.07, 6.45) is 4.41. The molecule has 0 radical (unpaired) electrons. The number of hydrogen-bond acceptors (Lipinski definition) is 3. The molecule has 0 amide bonds. The van der Waals surface area contributed by atoms with Crippen molar-refractivity contribution in [2.75, 3.05) is 0 Å². The van der Waals surface area contributed by atoms with Crippen molar-refractivity contribution in [3.8, 4) is 5.75 Å². The summed E-state index contributed by atoms with van der Waals surface area (Å²) in [4.78, 5) is 0. The molecule has 3 rings (SSSR count). The van der Waals surface area contributed by atoms with Gasteiger partial charge in [-0.05, 0) is 43.5 Å². The molecule has 1 atom stereocenters. The Morgan fingerprint density at radius 3 is 2.83 bits per heavy atom. The molecule has 1 aromatic heterocycles. The molecule has 1 heterocycles. The normalized spacial score (nSPS) is 16.6. The van der Waals surface area contributed by atoms with Crippen molar-refractivity contribution in [2.45, 2.75) is 31.9 Å². The van der Waals surface area contributed by atoms with Gasteiger partial charge in [0.1, 0.15) is 11.5 Å². The van der Waals surface area contributed by atoms with Crippen molar-refractivity contribution in [1.29, 1.82) is 0 Å². The van der Waals surface area contributed by atoms with E-state index in [1.165, 1.54) is 0 Å². The highest BCUT2D eigenvalue weighted by atomic mass is 16.5. The van der Waals surface area contributed by atoms with Crippen molar-refractivity contribution in [2.24, 2.45) is 5.73 Å². The zero-order valence-electron chi connectivity index (χ0n) is 10.4. The van der Waals surface area contributed by atoms with Gasteiger partial charge in [-0.2, -0.15) is 0 Å². The number of rotatable bonds is 4. The molecule has 2 N–H and O–H groups in total. The Balaban J connectivity index is 1.84. The Morgan fingerprint density at radius 2 is 2.17 bits per heavy atom. The van der Waals surface area contributed by atoms with E-state index in [1.54, 1.807) is 6.26 Å². The average Bonchev–Trinajstić information content (AvgIpc) is 3.08. The Morgan fingerprint density at radius 1 is 1.33 bits per heavy atom. The lowest BCUT2D eigenvalue weighted by atomic mass is 10.0. The van der Waals surface area contributed by atoms with Gasteiger partial charge in [-0.15, -0.1) is 0 Å². The lowest BCUT2D eigenvalue weighted by Crippen LogP contribution is -2.12. The van der Waals surface area contributed by atoms with Gasteiger partial charge in [0.2, 0.25) is 0 Å². The van der Waals surface area contributed by atoms with Crippen LogP contribution in [0.25, 0.3) is 0 Å². The molecule has 3 nitrogen and oxygen atoms in total. The molecule has 1 fully saturated rings. The minimum atomic E-state index is -0.161. The summed E-state index contributed by atoms with van der Waals surface area (Å²) in [6.45, 7) is 1.93. The highest BCUT2D eigenvalue weighted by molar-refractivity contribution is 5.37. The van der Waals surface area contributed by atoms with Gasteiger partial charge in [-0.25, -0.2) is 0 Å². The molecule has 3 heteroatoms. The van der Waals surface area contributed by atoms with Gasteiger partial charge in [-0.3, -0.25) is 0 Å². The van der Waals surface area contributed by atoms with Gasteiger partial charge < -0.3 is 14.9 Å². The van der Waals surface area contributed by atoms with E-state index in [2.05, 4.69) is 0 Å². The Labute approximate surface area is 107 Å². The third-order valence-corrected chi connectivity index (χ3v) is 3.28. The molecule has 0 aliphatic heterocycles. The Kier molecular flexibility index (Phi) is 2.84. The largest absolute Gasteiger partial charge is 0.490 e. The Bertz CT molecular complexity index is 543. The first-order valence-electron chi connectivity index (χ1n) is 6.30. The van der Waals surface area contributed by atoms with Gasteiger partial charge in [0.05, 0.1) is 18.4 Å². The maximum absolute atomic E-state index is 6.26. The van der Waals surface area contributed by atoms with Crippen molar-refractivity contribution >= 4 is 0 Å². The van der Waals surface area contributed by atoms with Crippen LogP contribution in [0.4, 0.5) is 0 Å². The number of ether oxygens (including phenoxy) is 1. The van der Waals surface area contributed by atoms with E-state index in [9.17, 15) is 0 Å². The SMILES string of the molecule is Cc1occc1C(N)c1cccc(OC2CC2)c1. The lowest BCUT2D eigenvalue weighted by Gasteiger charge is -2.13. The summed E-state index contributed by atoms with van der Waals surface area (Å²) >= 11 is 0. The topological polar surface area (TPSA) is 48.4 Å². The molecule has 0 spiro atoms. The van der Waals surface area contributed by atoms with E-state index in [1.807, 2.05) is 37.3 Å². The molecule has 0 saturated heterocycles. The zero-order valence-corrected chi connectivity index (χ0v) is 10.4. The highest BCUT2D eigenvalue weighted by Crippen LogP contribution is 2.30. The predicted molar refractivity (Wildman–Crippen MR) is 69.6 cm³/mol. The lowest BCUT2D eigenvalue weighted by molar-refractivity contribution is 0.303. The van der Waals surface area contributed by atoms with Crippen LogP contribution in [0.15, 0.2) is 41.0 Å². The predicted octanol–water partition coefficient (Wildman–Crippen LogP) is 3.18. The summed E-state index contributed by atoms with van der Waals surface area (Å²) in [6, 6.07) is 9.78. The molecule has 2 aromatic rings. The van der Waals surface area contributed by atoms with Crippen LogP contribution in [0.3, 0.4) is 0 Å². The van der Waals surface area contributed by atoms with Crippen molar-refractivity contribution in [3.63, 3.8) is 0 Å². The maximum Gasteiger partial charge on any atom is 0.120 e. The molecule has 1 aromatic carbocycles. The maximum atomic E-state index is 6.26. The molecular formula is C15H17NO2. The summed E-state index contributed by atoms with van der Waals surface area (Å²) in [5.74, 6) is 1.78. The van der Waals surface area contributed by atoms with Crippen LogP contribution in [0, 0.1) is 6.92 Å². The second-order valence-corrected chi connectivity index (χ2v) is 4.80. The summed E-state index contributed by atoms with van der Waals surface area (Å²) in [5.41, 5.74) is 8.34. The van der Waals surface area contributed by atoms with Crippen LogP contribution in [-0.2, 0) is 0 Å². The fourth-order valence-corrected chi connectivity index (χ4v) is 2.06. The average molecular weight is 243 g/mol. The van der Waals surface area contributed by atoms with E-state index in [4.69, 9.17) is 14.9 Å². The van der Waals surface area contributed by atoms with Gasteiger partial charge in [0.25, 0.3) is 0 Å². The fraction of sp³-hybridized carbons (Fsp3) is 0.333. The number of furan rings is 1. The fourth-order valence-electron chi connectivity index (χ4n) is 2.06. The third kappa shape index (κ3) is 2.27. The molecule has 1 unspecified atom stereocenters. The molecule has 94 valence electrons. The Hall–Kier alpha value is -1.74. The van der Waals surface area contributed by atoms with Crippen LogP contribution in [-0.4, -0.2) is 6.10 Å². The summed E-state index contributed by atoms with van der Waals surface area (Å²) < 4.78 is 11.1. The van der Waals surface area contributed by atoms with Crippen LogP contribution in [0.2, 0.25) is 0 Å². The van der Waals surface area contributed by atoms with Gasteiger partial charge in [-0.1, -0.05) is 12.1 Å². The second kappa shape index (κ2) is 4.50. The molecular weight excluding hydrogens is 226 g/mol. The number of benzene rings is 1. The first kappa shape index (κ1) is 11.4.